The summed E-state index contributed by atoms with van der Waals surface area (Å²) in [6, 6.07) is 3.09. The zero-order valence-electron chi connectivity index (χ0n) is 10.2. The van der Waals surface area contributed by atoms with Gasteiger partial charge < -0.3 is 5.73 Å². The second-order valence-electron chi connectivity index (χ2n) is 5.13. The van der Waals surface area contributed by atoms with Gasteiger partial charge in [0.25, 0.3) is 0 Å². The second kappa shape index (κ2) is 4.73. The fraction of sp³-hybridized carbons (Fsp3) is 0.571. The summed E-state index contributed by atoms with van der Waals surface area (Å²) in [5.41, 5.74) is 7.00. The van der Waals surface area contributed by atoms with Crippen molar-refractivity contribution < 1.29 is 8.78 Å². The van der Waals surface area contributed by atoms with Gasteiger partial charge in [-0.15, -0.1) is 0 Å². The Bertz CT molecular complexity index is 386. The van der Waals surface area contributed by atoms with Crippen molar-refractivity contribution in [3.8, 4) is 0 Å². The van der Waals surface area contributed by atoms with E-state index in [1.165, 1.54) is 12.5 Å². The smallest absolute Gasteiger partial charge is 0.161 e. The van der Waals surface area contributed by atoms with Gasteiger partial charge in [-0.1, -0.05) is 25.3 Å². The van der Waals surface area contributed by atoms with E-state index in [9.17, 15) is 8.78 Å². The first-order valence-corrected chi connectivity index (χ1v) is 6.25. The summed E-state index contributed by atoms with van der Waals surface area (Å²) in [7, 11) is 0. The van der Waals surface area contributed by atoms with Crippen molar-refractivity contribution in [3.05, 3.63) is 34.9 Å². The number of benzene rings is 1. The van der Waals surface area contributed by atoms with Gasteiger partial charge in [-0.25, -0.2) is 8.78 Å². The van der Waals surface area contributed by atoms with Crippen LogP contribution in [-0.2, 0) is 5.41 Å². The van der Waals surface area contributed by atoms with E-state index in [0.717, 1.165) is 31.2 Å². The molecular formula is C14H19F2N. The van der Waals surface area contributed by atoms with Crippen molar-refractivity contribution in [1.82, 2.24) is 0 Å². The van der Waals surface area contributed by atoms with E-state index in [1.54, 1.807) is 13.0 Å². The molecule has 0 unspecified atom stereocenters. The third-order valence-electron chi connectivity index (χ3n) is 4.02. The zero-order chi connectivity index (χ0) is 12.5. The molecule has 0 spiro atoms. The minimum Gasteiger partial charge on any atom is -0.330 e. The van der Waals surface area contributed by atoms with E-state index in [2.05, 4.69) is 0 Å². The van der Waals surface area contributed by atoms with Crippen molar-refractivity contribution >= 4 is 0 Å². The molecule has 1 aromatic carbocycles. The lowest BCUT2D eigenvalue weighted by molar-refractivity contribution is 0.299. The number of nitrogens with two attached hydrogens (primary N) is 1. The minimum atomic E-state index is -0.751. The normalized spacial score (nSPS) is 19.3. The van der Waals surface area contributed by atoms with E-state index in [-0.39, 0.29) is 5.41 Å². The molecule has 2 N–H and O–H groups in total. The Morgan fingerprint density at radius 2 is 1.82 bits per heavy atom. The van der Waals surface area contributed by atoms with Gasteiger partial charge in [-0.05, 0) is 37.0 Å². The van der Waals surface area contributed by atoms with Crippen molar-refractivity contribution in [1.29, 1.82) is 0 Å². The maximum absolute atomic E-state index is 13.5. The fourth-order valence-electron chi connectivity index (χ4n) is 2.87. The third kappa shape index (κ3) is 2.21. The Balaban J connectivity index is 2.43. The lowest BCUT2D eigenvalue weighted by Crippen LogP contribution is -2.37. The summed E-state index contributed by atoms with van der Waals surface area (Å²) in [4.78, 5) is 0. The molecule has 1 fully saturated rings. The highest BCUT2D eigenvalue weighted by molar-refractivity contribution is 5.32. The summed E-state index contributed by atoms with van der Waals surface area (Å²) >= 11 is 0. The Morgan fingerprint density at radius 1 is 1.18 bits per heavy atom. The Kier molecular flexibility index (Phi) is 3.48. The highest BCUT2D eigenvalue weighted by Gasteiger charge is 2.33. The predicted molar refractivity (Wildman–Crippen MR) is 64.9 cm³/mol. The Labute approximate surface area is 101 Å². The molecule has 0 radical (unpaired) electrons. The largest absolute Gasteiger partial charge is 0.330 e. The fourth-order valence-corrected chi connectivity index (χ4v) is 2.87. The Hall–Kier alpha value is -0.960. The number of hydrogen-bond acceptors (Lipinski definition) is 1. The quantitative estimate of drug-likeness (QED) is 0.840. The SMILES string of the molecule is Cc1cc(C2(CN)CCCCC2)cc(F)c1F. The third-order valence-corrected chi connectivity index (χ3v) is 4.02. The van der Waals surface area contributed by atoms with Gasteiger partial charge in [0.1, 0.15) is 0 Å². The van der Waals surface area contributed by atoms with Crippen molar-refractivity contribution in [2.75, 3.05) is 6.54 Å². The molecule has 17 heavy (non-hydrogen) atoms. The summed E-state index contributed by atoms with van der Waals surface area (Å²) in [5.74, 6) is -1.49. The van der Waals surface area contributed by atoms with E-state index in [1.807, 2.05) is 0 Å². The standard InChI is InChI=1S/C14H19F2N/c1-10-7-11(8-12(15)13(10)16)14(9-17)5-3-2-4-6-14/h7-8H,2-6,9,17H2,1H3. The van der Waals surface area contributed by atoms with Crippen LogP contribution in [0.1, 0.15) is 43.2 Å². The molecule has 0 aliphatic heterocycles. The van der Waals surface area contributed by atoms with Gasteiger partial charge in [-0.3, -0.25) is 0 Å². The molecule has 3 heteroatoms. The first-order chi connectivity index (χ1) is 8.09. The molecule has 0 heterocycles. The molecule has 2 rings (SSSR count). The average molecular weight is 239 g/mol. The molecule has 94 valence electrons. The molecule has 1 saturated carbocycles. The van der Waals surface area contributed by atoms with Gasteiger partial charge in [0.15, 0.2) is 11.6 Å². The van der Waals surface area contributed by atoms with Gasteiger partial charge in [0.05, 0.1) is 0 Å². The van der Waals surface area contributed by atoms with Crippen molar-refractivity contribution in [2.24, 2.45) is 5.73 Å². The highest BCUT2D eigenvalue weighted by Crippen LogP contribution is 2.39. The van der Waals surface area contributed by atoms with Crippen LogP contribution in [0.4, 0.5) is 8.78 Å². The summed E-state index contributed by atoms with van der Waals surface area (Å²) in [6.45, 7) is 2.12. The van der Waals surface area contributed by atoms with Crippen LogP contribution in [0.5, 0.6) is 0 Å². The number of aryl methyl sites for hydroxylation is 1. The monoisotopic (exact) mass is 239 g/mol. The van der Waals surface area contributed by atoms with Crippen molar-refractivity contribution in [2.45, 2.75) is 44.4 Å². The molecular weight excluding hydrogens is 220 g/mol. The number of rotatable bonds is 2. The van der Waals surface area contributed by atoms with Gasteiger partial charge in [0.2, 0.25) is 0 Å². The lowest BCUT2D eigenvalue weighted by atomic mass is 9.69. The highest BCUT2D eigenvalue weighted by atomic mass is 19.2. The number of hydrogen-bond donors (Lipinski definition) is 1. The van der Waals surface area contributed by atoms with Crippen LogP contribution in [0, 0.1) is 18.6 Å². The van der Waals surface area contributed by atoms with Crippen LogP contribution in [0.25, 0.3) is 0 Å². The molecule has 1 nitrogen and oxygen atoms in total. The molecule has 0 saturated heterocycles. The lowest BCUT2D eigenvalue weighted by Gasteiger charge is -2.37. The van der Waals surface area contributed by atoms with E-state index in [4.69, 9.17) is 5.73 Å². The van der Waals surface area contributed by atoms with Crippen LogP contribution < -0.4 is 5.73 Å². The first kappa shape index (κ1) is 12.5. The van der Waals surface area contributed by atoms with Crippen LogP contribution >= 0.6 is 0 Å². The summed E-state index contributed by atoms with van der Waals surface area (Å²) in [5, 5.41) is 0. The predicted octanol–water partition coefficient (Wildman–Crippen LogP) is 3.43. The first-order valence-electron chi connectivity index (χ1n) is 6.25. The molecule has 0 amide bonds. The Morgan fingerprint density at radius 3 is 2.35 bits per heavy atom. The van der Waals surface area contributed by atoms with Crippen LogP contribution in [0.2, 0.25) is 0 Å². The average Bonchev–Trinajstić information content (AvgIpc) is 2.36. The summed E-state index contributed by atoms with van der Waals surface area (Å²) < 4.78 is 26.8. The van der Waals surface area contributed by atoms with Crippen LogP contribution in [0.3, 0.4) is 0 Å². The molecule has 1 aliphatic carbocycles. The van der Waals surface area contributed by atoms with Gasteiger partial charge in [0, 0.05) is 12.0 Å². The molecule has 0 aromatic heterocycles. The molecule has 0 bridgehead atoms. The maximum Gasteiger partial charge on any atom is 0.161 e. The van der Waals surface area contributed by atoms with E-state index < -0.39 is 11.6 Å². The maximum atomic E-state index is 13.5. The second-order valence-corrected chi connectivity index (χ2v) is 5.13. The van der Waals surface area contributed by atoms with Crippen LogP contribution in [-0.4, -0.2) is 6.54 Å². The van der Waals surface area contributed by atoms with E-state index >= 15 is 0 Å². The van der Waals surface area contributed by atoms with E-state index in [0.29, 0.717) is 12.1 Å². The molecule has 1 aromatic rings. The molecule has 0 atom stereocenters. The number of halogens is 2. The van der Waals surface area contributed by atoms with Gasteiger partial charge in [-0.2, -0.15) is 0 Å². The summed E-state index contributed by atoms with van der Waals surface area (Å²) in [6.07, 6.45) is 5.41. The molecule has 1 aliphatic rings. The zero-order valence-corrected chi connectivity index (χ0v) is 10.2. The van der Waals surface area contributed by atoms with Crippen LogP contribution in [0.15, 0.2) is 12.1 Å². The minimum absolute atomic E-state index is 0.141. The van der Waals surface area contributed by atoms with Crippen molar-refractivity contribution in [3.63, 3.8) is 0 Å². The topological polar surface area (TPSA) is 26.0 Å². The van der Waals surface area contributed by atoms with Gasteiger partial charge >= 0.3 is 0 Å².